The molecule has 12 atom stereocenters. The van der Waals surface area contributed by atoms with E-state index in [0.717, 1.165) is 0 Å². The molecule has 3 aliphatic rings. The number of aromatic hydroxyl groups is 1. The van der Waals surface area contributed by atoms with Gasteiger partial charge in [0.2, 0.25) is 6.29 Å². The number of phenolic OH excluding ortho intramolecular Hbond substituents is 1. The van der Waals surface area contributed by atoms with Crippen LogP contribution in [0.3, 0.4) is 0 Å². The molecule has 0 spiro atoms. The molecule has 198 valence electrons. The summed E-state index contributed by atoms with van der Waals surface area (Å²) in [4.78, 5) is 0. The van der Waals surface area contributed by atoms with Gasteiger partial charge in [0.15, 0.2) is 12.6 Å². The maximum atomic E-state index is 10.5. The van der Waals surface area contributed by atoms with Crippen molar-refractivity contribution in [2.45, 2.75) is 73.8 Å². The van der Waals surface area contributed by atoms with Crippen LogP contribution >= 0.6 is 0 Å². The first-order chi connectivity index (χ1) is 16.7. The van der Waals surface area contributed by atoms with E-state index >= 15 is 0 Å². The Labute approximate surface area is 199 Å². The van der Waals surface area contributed by atoms with Gasteiger partial charge in [-0.25, -0.2) is 0 Å². The van der Waals surface area contributed by atoms with Crippen LogP contribution in [0.15, 0.2) is 24.3 Å². The van der Waals surface area contributed by atoms with Crippen molar-refractivity contribution in [3.05, 3.63) is 24.3 Å². The van der Waals surface area contributed by atoms with Crippen LogP contribution in [0.2, 0.25) is 0 Å². The van der Waals surface area contributed by atoms with Crippen molar-refractivity contribution in [2.24, 2.45) is 0 Å². The Morgan fingerprint density at radius 2 is 1.03 bits per heavy atom. The fourth-order valence-electron chi connectivity index (χ4n) is 3.90. The van der Waals surface area contributed by atoms with Crippen molar-refractivity contribution in [3.63, 3.8) is 0 Å². The molecule has 1 aromatic carbocycles. The van der Waals surface area contributed by atoms with E-state index in [0.29, 0.717) is 0 Å². The molecule has 8 N–H and O–H groups in total. The van der Waals surface area contributed by atoms with E-state index < -0.39 is 73.8 Å². The fourth-order valence-corrected chi connectivity index (χ4v) is 3.90. The van der Waals surface area contributed by atoms with Gasteiger partial charge in [-0.2, -0.15) is 0 Å². The molecule has 35 heavy (non-hydrogen) atoms. The van der Waals surface area contributed by atoms with Crippen molar-refractivity contribution < 1.29 is 69.3 Å². The second kappa shape index (κ2) is 11.2. The zero-order chi connectivity index (χ0) is 25.3. The first-order valence-corrected chi connectivity index (χ1v) is 11.0. The summed E-state index contributed by atoms with van der Waals surface area (Å²) in [5, 5.41) is 80.3. The van der Waals surface area contributed by atoms with Crippen molar-refractivity contribution >= 4 is 0 Å². The van der Waals surface area contributed by atoms with Crippen molar-refractivity contribution in [3.8, 4) is 11.5 Å². The van der Waals surface area contributed by atoms with E-state index in [1.54, 1.807) is 0 Å². The summed E-state index contributed by atoms with van der Waals surface area (Å²) >= 11 is 0. The van der Waals surface area contributed by atoms with Crippen LogP contribution in [0.1, 0.15) is 0 Å². The normalized spacial score (nSPS) is 44.7. The van der Waals surface area contributed by atoms with Gasteiger partial charge in [-0.15, -0.1) is 0 Å². The zero-order valence-corrected chi connectivity index (χ0v) is 18.4. The van der Waals surface area contributed by atoms with Gasteiger partial charge in [-0.1, -0.05) is 0 Å². The largest absolute Gasteiger partial charge is 0.508 e. The van der Waals surface area contributed by atoms with Crippen LogP contribution in [0.25, 0.3) is 0 Å². The molecule has 3 aliphatic heterocycles. The molecule has 14 heteroatoms. The number of hydrogen-bond donors (Lipinski definition) is 8. The molecular weight excluding hydrogens is 476 g/mol. The number of hydrogen-bond acceptors (Lipinski definition) is 14. The molecule has 1 aromatic rings. The third-order valence-electron chi connectivity index (χ3n) is 6.03. The van der Waals surface area contributed by atoms with Gasteiger partial charge in [0.25, 0.3) is 0 Å². The molecule has 3 heterocycles. The Balaban J connectivity index is 1.29. The Morgan fingerprint density at radius 3 is 1.60 bits per heavy atom. The minimum Gasteiger partial charge on any atom is -0.508 e. The topological polar surface area (TPSA) is 217 Å². The zero-order valence-electron chi connectivity index (χ0n) is 18.4. The highest BCUT2D eigenvalue weighted by atomic mass is 16.7. The molecule has 0 aliphatic carbocycles. The quantitative estimate of drug-likeness (QED) is 0.185. The maximum Gasteiger partial charge on any atom is 0.228 e. The summed E-state index contributed by atoms with van der Waals surface area (Å²) in [6.45, 7) is -0.862. The van der Waals surface area contributed by atoms with E-state index in [-0.39, 0.29) is 31.3 Å². The van der Waals surface area contributed by atoms with Crippen molar-refractivity contribution in [2.75, 3.05) is 19.8 Å². The van der Waals surface area contributed by atoms with Gasteiger partial charge in [0.05, 0.1) is 19.8 Å². The molecule has 3 fully saturated rings. The lowest BCUT2D eigenvalue weighted by molar-refractivity contribution is -0.345. The van der Waals surface area contributed by atoms with Gasteiger partial charge >= 0.3 is 0 Å². The standard InChI is InChI=1S/C21H30O14/c22-8-1-3-9(4-2-8)33-19-17(28)14(25)11(6-31-19)35-21-18(29)15(26)12(7-32-21)34-20-16(27)13(24)10(23)5-30-20/h1-4,10-29H,5-7H2/t10-,11-,12+,13-,14-,15+,16-,17-,18?,19?,20?,21?/m0/s1. The van der Waals surface area contributed by atoms with Crippen molar-refractivity contribution in [1.29, 1.82) is 0 Å². The average molecular weight is 506 g/mol. The predicted molar refractivity (Wildman–Crippen MR) is 110 cm³/mol. The fraction of sp³-hybridized carbons (Fsp3) is 0.714. The molecule has 0 radical (unpaired) electrons. The molecule has 4 rings (SSSR count). The SMILES string of the molecule is Oc1ccc(OC2OC[C@H](OC3OC[C@@H](OC4OC[C@H](O)[C@H](O)[C@@H]4O)[C@@H](O)C3O)[C@H](O)[C@@H]2O)cc1. The van der Waals surface area contributed by atoms with Gasteiger partial charge in [-0.05, 0) is 24.3 Å². The summed E-state index contributed by atoms with van der Waals surface area (Å²) in [6, 6.07) is 5.66. The van der Waals surface area contributed by atoms with Gasteiger partial charge in [0.1, 0.15) is 66.4 Å². The lowest BCUT2D eigenvalue weighted by atomic mass is 10.0. The lowest BCUT2D eigenvalue weighted by Crippen LogP contribution is -2.61. The smallest absolute Gasteiger partial charge is 0.228 e. The number of rotatable bonds is 6. The van der Waals surface area contributed by atoms with E-state index in [1.165, 1.54) is 24.3 Å². The Kier molecular flexibility index (Phi) is 8.42. The van der Waals surface area contributed by atoms with Crippen LogP contribution in [0, 0.1) is 0 Å². The molecule has 4 unspecified atom stereocenters. The van der Waals surface area contributed by atoms with E-state index in [2.05, 4.69) is 0 Å². The van der Waals surface area contributed by atoms with Crippen LogP contribution < -0.4 is 4.74 Å². The average Bonchev–Trinajstić information content (AvgIpc) is 2.84. The Bertz CT molecular complexity index is 810. The molecule has 3 saturated heterocycles. The number of aliphatic hydroxyl groups excluding tert-OH is 7. The first kappa shape index (κ1) is 26.4. The van der Waals surface area contributed by atoms with Gasteiger partial charge < -0.3 is 69.3 Å². The second-order valence-corrected chi connectivity index (χ2v) is 8.58. The molecular formula is C21H30O14. The highest BCUT2D eigenvalue weighted by molar-refractivity contribution is 5.30. The second-order valence-electron chi connectivity index (χ2n) is 8.58. The van der Waals surface area contributed by atoms with Crippen LogP contribution in [-0.4, -0.2) is 134 Å². The monoisotopic (exact) mass is 506 g/mol. The summed E-state index contributed by atoms with van der Waals surface area (Å²) in [7, 11) is 0. The van der Waals surface area contributed by atoms with E-state index in [4.69, 9.17) is 28.4 Å². The Morgan fingerprint density at radius 1 is 0.571 bits per heavy atom. The third kappa shape index (κ3) is 5.85. The number of phenols is 1. The highest BCUT2D eigenvalue weighted by Crippen LogP contribution is 2.28. The molecule has 0 saturated carbocycles. The van der Waals surface area contributed by atoms with Crippen molar-refractivity contribution in [1.82, 2.24) is 0 Å². The third-order valence-corrected chi connectivity index (χ3v) is 6.03. The molecule has 0 amide bonds. The number of aliphatic hydroxyl groups is 7. The summed E-state index contributed by atoms with van der Waals surface area (Å²) < 4.78 is 32.4. The highest BCUT2D eigenvalue weighted by Gasteiger charge is 2.48. The summed E-state index contributed by atoms with van der Waals surface area (Å²) in [6.07, 6.45) is -17.0. The maximum absolute atomic E-state index is 10.5. The summed E-state index contributed by atoms with van der Waals surface area (Å²) in [5.41, 5.74) is 0. The van der Waals surface area contributed by atoms with Crippen LogP contribution in [-0.2, 0) is 23.7 Å². The predicted octanol–water partition coefficient (Wildman–Crippen LogP) is -3.86. The van der Waals surface area contributed by atoms with Gasteiger partial charge in [-0.3, -0.25) is 0 Å². The number of ether oxygens (including phenoxy) is 6. The molecule has 0 aromatic heterocycles. The van der Waals surface area contributed by atoms with Gasteiger partial charge in [0, 0.05) is 0 Å². The van der Waals surface area contributed by atoms with E-state index in [1.807, 2.05) is 0 Å². The van der Waals surface area contributed by atoms with Crippen LogP contribution in [0.5, 0.6) is 11.5 Å². The minimum atomic E-state index is -1.65. The molecule has 0 bridgehead atoms. The lowest BCUT2D eigenvalue weighted by Gasteiger charge is -2.43. The minimum absolute atomic E-state index is 0.0238. The van der Waals surface area contributed by atoms with E-state index in [9.17, 15) is 40.9 Å². The summed E-state index contributed by atoms with van der Waals surface area (Å²) in [5.74, 6) is 0.309. The first-order valence-electron chi connectivity index (χ1n) is 11.0. The number of benzene rings is 1. The van der Waals surface area contributed by atoms with Crippen LogP contribution in [0.4, 0.5) is 0 Å². The molecule has 14 nitrogen and oxygen atoms in total. The Hall–Kier alpha value is -1.66.